The summed E-state index contributed by atoms with van der Waals surface area (Å²) in [5.74, 6) is 0.830. The van der Waals surface area contributed by atoms with Gasteiger partial charge in [-0.3, -0.25) is 4.79 Å². The summed E-state index contributed by atoms with van der Waals surface area (Å²) in [5, 5.41) is 1.98. The average molecular weight is 294 g/mol. The Labute approximate surface area is 127 Å². The third-order valence-electron chi connectivity index (χ3n) is 3.17. The highest BCUT2D eigenvalue weighted by Crippen LogP contribution is 2.33. The molecule has 0 bridgehead atoms. The van der Waals surface area contributed by atoms with Gasteiger partial charge in [-0.15, -0.1) is 11.3 Å². The van der Waals surface area contributed by atoms with Gasteiger partial charge >= 0.3 is 0 Å². The number of carbonyl (C=O) groups is 1. The first-order valence-corrected chi connectivity index (χ1v) is 7.54. The van der Waals surface area contributed by atoms with Crippen LogP contribution in [0.15, 0.2) is 66.0 Å². The van der Waals surface area contributed by atoms with Crippen molar-refractivity contribution in [2.24, 2.45) is 0 Å². The molecule has 1 heterocycles. The van der Waals surface area contributed by atoms with E-state index in [4.69, 9.17) is 4.74 Å². The molecule has 0 aliphatic carbocycles. The minimum Gasteiger partial charge on any atom is -0.488 e. The lowest BCUT2D eigenvalue weighted by Crippen LogP contribution is -1.96. The Morgan fingerprint density at radius 1 is 1.00 bits per heavy atom. The summed E-state index contributed by atoms with van der Waals surface area (Å²) >= 11 is 1.44. The normalized spacial score (nSPS) is 10.3. The Morgan fingerprint density at radius 3 is 2.52 bits per heavy atom. The van der Waals surface area contributed by atoms with E-state index in [1.54, 1.807) is 0 Å². The number of aldehydes is 1. The number of hydrogen-bond donors (Lipinski definition) is 0. The van der Waals surface area contributed by atoms with Crippen LogP contribution < -0.4 is 4.74 Å². The fraction of sp³-hybridized carbons (Fsp3) is 0.0556. The quantitative estimate of drug-likeness (QED) is 0.631. The van der Waals surface area contributed by atoms with Crippen molar-refractivity contribution in [2.75, 3.05) is 0 Å². The summed E-state index contributed by atoms with van der Waals surface area (Å²) in [6, 6.07) is 19.9. The van der Waals surface area contributed by atoms with Gasteiger partial charge in [0.25, 0.3) is 0 Å². The van der Waals surface area contributed by atoms with E-state index in [9.17, 15) is 4.79 Å². The van der Waals surface area contributed by atoms with E-state index < -0.39 is 0 Å². The summed E-state index contributed by atoms with van der Waals surface area (Å²) in [7, 11) is 0. The Kier molecular flexibility index (Phi) is 4.12. The van der Waals surface area contributed by atoms with Gasteiger partial charge in [-0.2, -0.15) is 0 Å². The standard InChI is InChI=1S/C18H14O2S/c19-11-16-10-15(13-21-16)17-8-4-5-9-18(17)20-12-14-6-2-1-3-7-14/h1-11,13H,12H2. The van der Waals surface area contributed by atoms with Crippen LogP contribution in [0.4, 0.5) is 0 Å². The zero-order valence-electron chi connectivity index (χ0n) is 11.4. The smallest absolute Gasteiger partial charge is 0.160 e. The molecule has 0 aliphatic heterocycles. The number of hydrogen-bond acceptors (Lipinski definition) is 3. The number of ether oxygens (including phenoxy) is 1. The SMILES string of the molecule is O=Cc1cc(-c2ccccc2OCc2ccccc2)cs1. The van der Waals surface area contributed by atoms with Gasteiger partial charge in [-0.25, -0.2) is 0 Å². The first-order chi connectivity index (χ1) is 10.4. The first kappa shape index (κ1) is 13.6. The molecule has 0 saturated carbocycles. The van der Waals surface area contributed by atoms with Crippen molar-refractivity contribution in [3.05, 3.63) is 76.5 Å². The lowest BCUT2D eigenvalue weighted by atomic mass is 10.1. The second-order valence-corrected chi connectivity index (χ2v) is 5.57. The van der Waals surface area contributed by atoms with Gasteiger partial charge in [-0.05, 0) is 28.6 Å². The number of carbonyl (C=O) groups excluding carboxylic acids is 1. The minimum absolute atomic E-state index is 0.530. The van der Waals surface area contributed by atoms with Crippen molar-refractivity contribution in [3.8, 4) is 16.9 Å². The zero-order chi connectivity index (χ0) is 14.5. The van der Waals surface area contributed by atoms with E-state index in [-0.39, 0.29) is 0 Å². The third-order valence-corrected chi connectivity index (χ3v) is 4.03. The molecule has 3 rings (SSSR count). The summed E-state index contributed by atoms with van der Waals surface area (Å²) in [6.45, 7) is 0.530. The van der Waals surface area contributed by atoms with Crippen LogP contribution in [0.5, 0.6) is 5.75 Å². The maximum Gasteiger partial charge on any atom is 0.160 e. The third kappa shape index (κ3) is 3.20. The van der Waals surface area contributed by atoms with E-state index >= 15 is 0 Å². The molecule has 104 valence electrons. The molecule has 0 atom stereocenters. The molecule has 3 aromatic rings. The molecule has 0 fully saturated rings. The van der Waals surface area contributed by atoms with Crippen LogP contribution in [0.25, 0.3) is 11.1 Å². The Hall–Kier alpha value is -2.39. The van der Waals surface area contributed by atoms with Crippen molar-refractivity contribution in [1.29, 1.82) is 0 Å². The number of thiophene rings is 1. The van der Waals surface area contributed by atoms with E-state index in [1.807, 2.05) is 66.0 Å². The topological polar surface area (TPSA) is 26.3 Å². The Morgan fingerprint density at radius 2 is 1.76 bits per heavy atom. The summed E-state index contributed by atoms with van der Waals surface area (Å²) in [5.41, 5.74) is 3.16. The maximum absolute atomic E-state index is 10.8. The molecule has 0 radical (unpaired) electrons. The second kappa shape index (κ2) is 6.37. The fourth-order valence-corrected chi connectivity index (χ4v) is 2.83. The molecule has 0 aliphatic rings. The monoisotopic (exact) mass is 294 g/mol. The summed E-state index contributed by atoms with van der Waals surface area (Å²) in [6.07, 6.45) is 0.877. The van der Waals surface area contributed by atoms with Crippen LogP contribution >= 0.6 is 11.3 Å². The molecule has 0 N–H and O–H groups in total. The zero-order valence-corrected chi connectivity index (χ0v) is 12.2. The van der Waals surface area contributed by atoms with Gasteiger partial charge in [0.2, 0.25) is 0 Å². The number of benzene rings is 2. The predicted octanol–water partition coefficient (Wildman–Crippen LogP) is 4.81. The molecule has 0 spiro atoms. The van der Waals surface area contributed by atoms with E-state index in [1.165, 1.54) is 11.3 Å². The highest BCUT2D eigenvalue weighted by Gasteiger charge is 2.08. The molecule has 0 unspecified atom stereocenters. The van der Waals surface area contributed by atoms with Crippen LogP contribution in [-0.4, -0.2) is 6.29 Å². The average Bonchev–Trinajstić information content (AvgIpc) is 3.03. The van der Waals surface area contributed by atoms with Crippen molar-refractivity contribution < 1.29 is 9.53 Å². The molecule has 21 heavy (non-hydrogen) atoms. The molecule has 2 aromatic carbocycles. The molecule has 3 heteroatoms. The highest BCUT2D eigenvalue weighted by molar-refractivity contribution is 7.12. The Balaban J connectivity index is 1.84. The molecule has 0 saturated heterocycles. The van der Waals surface area contributed by atoms with E-state index in [0.29, 0.717) is 6.61 Å². The van der Waals surface area contributed by atoms with Crippen LogP contribution in [0.2, 0.25) is 0 Å². The second-order valence-electron chi connectivity index (χ2n) is 4.63. The summed E-state index contributed by atoms with van der Waals surface area (Å²) in [4.78, 5) is 11.6. The molecule has 2 nitrogen and oxygen atoms in total. The van der Waals surface area contributed by atoms with Crippen LogP contribution in [0, 0.1) is 0 Å². The van der Waals surface area contributed by atoms with Crippen LogP contribution in [0.3, 0.4) is 0 Å². The van der Waals surface area contributed by atoms with Gasteiger partial charge in [0.05, 0.1) is 4.88 Å². The molecule has 1 aromatic heterocycles. The lowest BCUT2D eigenvalue weighted by molar-refractivity contribution is 0.112. The van der Waals surface area contributed by atoms with E-state index in [2.05, 4.69) is 0 Å². The van der Waals surface area contributed by atoms with Crippen LogP contribution in [-0.2, 0) is 6.61 Å². The van der Waals surface area contributed by atoms with Crippen molar-refractivity contribution in [1.82, 2.24) is 0 Å². The molecular formula is C18H14O2S. The van der Waals surface area contributed by atoms with Crippen molar-refractivity contribution >= 4 is 17.6 Å². The maximum atomic E-state index is 10.8. The fourth-order valence-electron chi connectivity index (χ4n) is 2.12. The van der Waals surface area contributed by atoms with Crippen LogP contribution in [0.1, 0.15) is 15.2 Å². The van der Waals surface area contributed by atoms with Gasteiger partial charge < -0.3 is 4.74 Å². The van der Waals surface area contributed by atoms with Gasteiger partial charge in [-0.1, -0.05) is 48.5 Å². The van der Waals surface area contributed by atoms with Crippen molar-refractivity contribution in [2.45, 2.75) is 6.61 Å². The number of para-hydroxylation sites is 1. The minimum atomic E-state index is 0.530. The first-order valence-electron chi connectivity index (χ1n) is 6.66. The van der Waals surface area contributed by atoms with Gasteiger partial charge in [0.15, 0.2) is 6.29 Å². The molecule has 0 amide bonds. The summed E-state index contributed by atoms with van der Waals surface area (Å²) < 4.78 is 5.94. The lowest BCUT2D eigenvalue weighted by Gasteiger charge is -2.10. The predicted molar refractivity (Wildman–Crippen MR) is 85.9 cm³/mol. The van der Waals surface area contributed by atoms with Gasteiger partial charge in [0, 0.05) is 5.56 Å². The molecular weight excluding hydrogens is 280 g/mol. The van der Waals surface area contributed by atoms with Gasteiger partial charge in [0.1, 0.15) is 12.4 Å². The Bertz CT molecular complexity index is 732. The van der Waals surface area contributed by atoms with E-state index in [0.717, 1.165) is 33.6 Å². The largest absolute Gasteiger partial charge is 0.488 e. The highest BCUT2D eigenvalue weighted by atomic mass is 32.1. The number of rotatable bonds is 5. The van der Waals surface area contributed by atoms with Crippen molar-refractivity contribution in [3.63, 3.8) is 0 Å².